The Kier molecular flexibility index (Phi) is 3.03. The van der Waals surface area contributed by atoms with E-state index in [9.17, 15) is 8.42 Å². The molecule has 4 nitrogen and oxygen atoms in total. The molecule has 17 heavy (non-hydrogen) atoms. The summed E-state index contributed by atoms with van der Waals surface area (Å²) in [6, 6.07) is 4.92. The van der Waals surface area contributed by atoms with Crippen molar-refractivity contribution in [3.05, 3.63) is 18.2 Å². The molecule has 1 aliphatic rings. The first-order valence-corrected chi connectivity index (χ1v) is 7.51. The van der Waals surface area contributed by atoms with Crippen LogP contribution < -0.4 is 10.1 Å². The Morgan fingerprint density at radius 3 is 2.71 bits per heavy atom. The molecule has 0 saturated carbocycles. The zero-order valence-corrected chi connectivity index (χ0v) is 11.0. The van der Waals surface area contributed by atoms with Gasteiger partial charge < -0.3 is 10.1 Å². The van der Waals surface area contributed by atoms with Crippen molar-refractivity contribution in [2.45, 2.75) is 24.8 Å². The average Bonchev–Trinajstić information content (AvgIpc) is 2.26. The van der Waals surface area contributed by atoms with Crippen LogP contribution in [0.4, 0.5) is 5.69 Å². The summed E-state index contributed by atoms with van der Waals surface area (Å²) in [5, 5.41) is 3.22. The van der Waals surface area contributed by atoms with Gasteiger partial charge in [0.05, 0.1) is 17.1 Å². The number of nitrogens with one attached hydrogen (secondary N) is 1. The van der Waals surface area contributed by atoms with Crippen molar-refractivity contribution in [2.24, 2.45) is 5.92 Å². The Morgan fingerprint density at radius 1 is 1.41 bits per heavy atom. The highest BCUT2D eigenvalue weighted by atomic mass is 32.2. The number of hydrogen-bond acceptors (Lipinski definition) is 4. The molecule has 0 spiro atoms. The summed E-state index contributed by atoms with van der Waals surface area (Å²) in [5.74, 6) is 1.15. The Morgan fingerprint density at radius 2 is 2.12 bits per heavy atom. The van der Waals surface area contributed by atoms with Crippen molar-refractivity contribution in [3.8, 4) is 5.75 Å². The summed E-state index contributed by atoms with van der Waals surface area (Å²) in [5.41, 5.74) is 0.754. The van der Waals surface area contributed by atoms with Gasteiger partial charge in [0.25, 0.3) is 0 Å². The van der Waals surface area contributed by atoms with Crippen LogP contribution in [0.2, 0.25) is 0 Å². The van der Waals surface area contributed by atoms with Crippen molar-refractivity contribution >= 4 is 15.5 Å². The number of sulfone groups is 1. The minimum Gasteiger partial charge on any atom is -0.486 e. The quantitative estimate of drug-likeness (QED) is 0.877. The molecule has 1 aliphatic heterocycles. The molecule has 0 amide bonds. The van der Waals surface area contributed by atoms with E-state index in [0.29, 0.717) is 17.4 Å². The second kappa shape index (κ2) is 4.22. The second-order valence-corrected chi connectivity index (χ2v) is 6.73. The molecule has 0 fully saturated rings. The van der Waals surface area contributed by atoms with E-state index in [1.807, 2.05) is 0 Å². The van der Waals surface area contributed by atoms with E-state index >= 15 is 0 Å². The number of anilines is 1. The van der Waals surface area contributed by atoms with Gasteiger partial charge in [0.15, 0.2) is 9.84 Å². The van der Waals surface area contributed by atoms with Gasteiger partial charge in [-0.2, -0.15) is 0 Å². The molecule has 5 heteroatoms. The van der Waals surface area contributed by atoms with Gasteiger partial charge in [-0.1, -0.05) is 13.8 Å². The van der Waals surface area contributed by atoms with Crippen molar-refractivity contribution in [3.63, 3.8) is 0 Å². The maximum absolute atomic E-state index is 11.4. The third-order valence-electron chi connectivity index (χ3n) is 2.89. The van der Waals surface area contributed by atoms with Gasteiger partial charge in [-0.25, -0.2) is 8.42 Å². The summed E-state index contributed by atoms with van der Waals surface area (Å²) in [6.45, 7) is 4.91. The predicted molar refractivity (Wildman–Crippen MR) is 67.3 cm³/mol. The van der Waals surface area contributed by atoms with Gasteiger partial charge in [0.1, 0.15) is 11.9 Å². The van der Waals surface area contributed by atoms with Crippen LogP contribution in [-0.2, 0) is 9.84 Å². The normalized spacial score (nSPS) is 19.4. The van der Waals surface area contributed by atoms with Crippen LogP contribution in [0.1, 0.15) is 13.8 Å². The lowest BCUT2D eigenvalue weighted by Crippen LogP contribution is -2.35. The Labute approximate surface area is 102 Å². The number of benzene rings is 1. The molecule has 1 atom stereocenters. The summed E-state index contributed by atoms with van der Waals surface area (Å²) >= 11 is 0. The molecule has 94 valence electrons. The molecule has 0 bridgehead atoms. The maximum atomic E-state index is 11.4. The zero-order valence-electron chi connectivity index (χ0n) is 10.2. The highest BCUT2D eigenvalue weighted by molar-refractivity contribution is 7.90. The molecular weight excluding hydrogens is 238 g/mol. The fourth-order valence-electron chi connectivity index (χ4n) is 1.77. The smallest absolute Gasteiger partial charge is 0.175 e. The van der Waals surface area contributed by atoms with E-state index < -0.39 is 9.84 Å². The average molecular weight is 255 g/mol. The van der Waals surface area contributed by atoms with E-state index in [4.69, 9.17) is 4.74 Å². The lowest BCUT2D eigenvalue weighted by atomic mass is 10.1. The zero-order chi connectivity index (χ0) is 12.6. The predicted octanol–water partition coefficient (Wildman–Crippen LogP) is 1.92. The monoisotopic (exact) mass is 255 g/mol. The fourth-order valence-corrected chi connectivity index (χ4v) is 2.41. The third-order valence-corrected chi connectivity index (χ3v) is 4.01. The Balaban J connectivity index is 2.32. The van der Waals surface area contributed by atoms with Gasteiger partial charge in [-0.3, -0.25) is 0 Å². The number of fused-ring (bicyclic) bond motifs is 1. The van der Waals surface area contributed by atoms with Crippen LogP contribution >= 0.6 is 0 Å². The lowest BCUT2D eigenvalue weighted by molar-refractivity contribution is 0.156. The van der Waals surface area contributed by atoms with Crippen LogP contribution in [0, 0.1) is 5.92 Å². The first kappa shape index (κ1) is 12.2. The summed E-state index contributed by atoms with van der Waals surface area (Å²) in [7, 11) is -3.16. The van der Waals surface area contributed by atoms with Gasteiger partial charge in [0.2, 0.25) is 0 Å². The topological polar surface area (TPSA) is 55.4 Å². The van der Waals surface area contributed by atoms with Crippen molar-refractivity contribution in [2.75, 3.05) is 18.1 Å². The molecule has 1 aromatic carbocycles. The summed E-state index contributed by atoms with van der Waals surface area (Å²) in [4.78, 5) is 0.315. The Hall–Kier alpha value is -1.23. The van der Waals surface area contributed by atoms with Crippen LogP contribution in [-0.4, -0.2) is 27.3 Å². The summed E-state index contributed by atoms with van der Waals surface area (Å²) < 4.78 is 28.6. The van der Waals surface area contributed by atoms with Crippen molar-refractivity contribution in [1.29, 1.82) is 0 Å². The molecule has 1 unspecified atom stereocenters. The van der Waals surface area contributed by atoms with Gasteiger partial charge >= 0.3 is 0 Å². The minimum absolute atomic E-state index is 0.131. The van der Waals surface area contributed by atoms with Crippen molar-refractivity contribution < 1.29 is 13.2 Å². The second-order valence-electron chi connectivity index (χ2n) is 4.71. The fraction of sp³-hybridized carbons (Fsp3) is 0.500. The molecule has 0 radical (unpaired) electrons. The largest absolute Gasteiger partial charge is 0.486 e. The first-order valence-electron chi connectivity index (χ1n) is 5.62. The minimum atomic E-state index is -3.16. The molecule has 0 saturated heterocycles. The SMILES string of the molecule is CC(C)C1CNc2cc(S(C)(=O)=O)ccc2O1. The van der Waals surface area contributed by atoms with Gasteiger partial charge in [-0.05, 0) is 24.1 Å². The Bertz CT molecular complexity index is 523. The van der Waals surface area contributed by atoms with E-state index in [1.165, 1.54) is 6.26 Å². The number of hydrogen-bond donors (Lipinski definition) is 1. The van der Waals surface area contributed by atoms with Crippen LogP contribution in [0.15, 0.2) is 23.1 Å². The molecule has 1 aromatic rings. The highest BCUT2D eigenvalue weighted by Gasteiger charge is 2.23. The maximum Gasteiger partial charge on any atom is 0.175 e. The third kappa shape index (κ3) is 2.54. The summed E-state index contributed by atoms with van der Waals surface area (Å²) in [6.07, 6.45) is 1.33. The molecule has 0 aromatic heterocycles. The number of ether oxygens (including phenoxy) is 1. The van der Waals surface area contributed by atoms with E-state index in [2.05, 4.69) is 19.2 Å². The lowest BCUT2D eigenvalue weighted by Gasteiger charge is -2.30. The van der Waals surface area contributed by atoms with Gasteiger partial charge in [0, 0.05) is 6.26 Å². The van der Waals surface area contributed by atoms with Crippen LogP contribution in [0.25, 0.3) is 0 Å². The highest BCUT2D eigenvalue weighted by Crippen LogP contribution is 2.32. The molecule has 1 N–H and O–H groups in total. The van der Waals surface area contributed by atoms with E-state index in [0.717, 1.165) is 11.4 Å². The number of rotatable bonds is 2. The first-order chi connectivity index (χ1) is 7.88. The molecule has 0 aliphatic carbocycles. The molecule has 1 heterocycles. The van der Waals surface area contributed by atoms with Gasteiger partial charge in [-0.15, -0.1) is 0 Å². The van der Waals surface area contributed by atoms with E-state index in [-0.39, 0.29) is 6.10 Å². The van der Waals surface area contributed by atoms with Crippen LogP contribution in [0.3, 0.4) is 0 Å². The molecule has 2 rings (SSSR count). The van der Waals surface area contributed by atoms with Crippen LogP contribution in [0.5, 0.6) is 5.75 Å². The van der Waals surface area contributed by atoms with Crippen molar-refractivity contribution in [1.82, 2.24) is 0 Å². The van der Waals surface area contributed by atoms with E-state index in [1.54, 1.807) is 18.2 Å². The molecular formula is C12H17NO3S. The standard InChI is InChI=1S/C12H17NO3S/c1-8(2)12-7-13-10-6-9(17(3,14)15)4-5-11(10)16-12/h4-6,8,12-13H,7H2,1-3H3.